The van der Waals surface area contributed by atoms with E-state index in [1.807, 2.05) is 0 Å². The molecule has 0 atom stereocenters. The molecule has 1 aliphatic carbocycles. The molecule has 0 saturated heterocycles. The highest BCUT2D eigenvalue weighted by Gasteiger charge is 2.48. The van der Waals surface area contributed by atoms with E-state index >= 15 is 0 Å². The Balaban J connectivity index is 1.48. The molecule has 0 radical (unpaired) electrons. The maximum absolute atomic E-state index is 14.3. The number of aromatic nitrogens is 3. The fourth-order valence-corrected chi connectivity index (χ4v) is 3.92. The molecular weight excluding hydrogens is 419 g/mol. The maximum atomic E-state index is 14.3. The molecule has 2 aromatic heterocycles. The van der Waals surface area contributed by atoms with Crippen LogP contribution in [-0.4, -0.2) is 33.8 Å². The zero-order valence-electron chi connectivity index (χ0n) is 17.4. The highest BCUT2D eigenvalue weighted by atomic mass is 19.1. The number of halogens is 3. The minimum Gasteiger partial charge on any atom is -0.368 e. The topological polar surface area (TPSA) is 79.8 Å². The molecule has 1 aliphatic rings. The molecular formula is C23H22F3N5O. The van der Waals surface area contributed by atoms with E-state index in [4.69, 9.17) is 0 Å². The van der Waals surface area contributed by atoms with E-state index in [9.17, 15) is 18.0 Å². The fourth-order valence-electron chi connectivity index (χ4n) is 3.92. The van der Waals surface area contributed by atoms with Crippen molar-refractivity contribution in [3.8, 4) is 11.3 Å². The summed E-state index contributed by atoms with van der Waals surface area (Å²) in [5, 5.41) is 13.9. The third kappa shape index (κ3) is 4.56. The fraction of sp³-hybridized carbons (Fsp3) is 0.304. The summed E-state index contributed by atoms with van der Waals surface area (Å²) >= 11 is 0. The molecule has 2 N–H and O–H groups in total. The van der Waals surface area contributed by atoms with Gasteiger partial charge in [0.15, 0.2) is 0 Å². The van der Waals surface area contributed by atoms with Crippen LogP contribution in [0.2, 0.25) is 0 Å². The van der Waals surface area contributed by atoms with Gasteiger partial charge in [-0.2, -0.15) is 0 Å². The number of nitrogens with zero attached hydrogens (tertiary/aromatic N) is 3. The van der Waals surface area contributed by atoms with Crippen molar-refractivity contribution in [1.29, 1.82) is 0 Å². The molecule has 6 nitrogen and oxygen atoms in total. The van der Waals surface area contributed by atoms with Crippen LogP contribution in [0, 0.1) is 11.6 Å². The first-order valence-corrected chi connectivity index (χ1v) is 10.2. The van der Waals surface area contributed by atoms with Gasteiger partial charge >= 0.3 is 0 Å². The van der Waals surface area contributed by atoms with Gasteiger partial charge in [0.1, 0.15) is 23.6 Å². The van der Waals surface area contributed by atoms with Crippen LogP contribution < -0.4 is 10.6 Å². The van der Waals surface area contributed by atoms with E-state index in [1.165, 1.54) is 31.3 Å². The third-order valence-electron chi connectivity index (χ3n) is 5.61. The van der Waals surface area contributed by atoms with Crippen LogP contribution in [-0.2, 0) is 16.8 Å². The van der Waals surface area contributed by atoms with Gasteiger partial charge in [0, 0.05) is 37.2 Å². The number of carbonyl (C=O) groups excluding carboxylic acids is 1. The van der Waals surface area contributed by atoms with Crippen molar-refractivity contribution >= 4 is 11.7 Å². The summed E-state index contributed by atoms with van der Waals surface area (Å²) in [6.45, 7) is 1.93. The summed E-state index contributed by atoms with van der Waals surface area (Å²) in [6, 6.07) is 10.6. The summed E-state index contributed by atoms with van der Waals surface area (Å²) < 4.78 is 42.3. The number of hydrogen-bond donors (Lipinski definition) is 2. The van der Waals surface area contributed by atoms with Gasteiger partial charge in [-0.25, -0.2) is 13.2 Å². The molecule has 2 heterocycles. The van der Waals surface area contributed by atoms with Gasteiger partial charge in [0.25, 0.3) is 0 Å². The molecule has 1 aromatic carbocycles. The molecule has 0 unspecified atom stereocenters. The summed E-state index contributed by atoms with van der Waals surface area (Å²) in [5.41, 5.74) is 0.804. The summed E-state index contributed by atoms with van der Waals surface area (Å²) in [7, 11) is 0. The molecule has 3 aromatic rings. The minimum absolute atomic E-state index is 0.172. The molecule has 0 spiro atoms. The summed E-state index contributed by atoms with van der Waals surface area (Å²) in [4.78, 5) is 15.2. The standard InChI is InChI=1S/C23H22F3N5O/c1-14(32)28-12-15-4-5-18(25)17(9-15)20-6-7-21(31-30-20)29-13-23(10-16(24)11-23)22-19(26)3-2-8-27-22/h2-9,16H,10-13H2,1H3,(H,28,32)(H,29,31)/t16-,23-. The Labute approximate surface area is 183 Å². The monoisotopic (exact) mass is 441 g/mol. The molecule has 9 heteroatoms. The van der Waals surface area contributed by atoms with E-state index in [0.29, 0.717) is 11.5 Å². The van der Waals surface area contributed by atoms with Gasteiger partial charge in [0.05, 0.1) is 11.4 Å². The summed E-state index contributed by atoms with van der Waals surface area (Å²) in [5.74, 6) is -0.696. The van der Waals surface area contributed by atoms with Crippen LogP contribution in [0.4, 0.5) is 19.0 Å². The van der Waals surface area contributed by atoms with Gasteiger partial charge in [-0.05, 0) is 54.8 Å². The molecule has 1 fully saturated rings. The van der Waals surface area contributed by atoms with Crippen molar-refractivity contribution in [3.05, 3.63) is 71.6 Å². The number of nitrogens with one attached hydrogen (secondary N) is 2. The molecule has 1 amide bonds. The average Bonchev–Trinajstić information content (AvgIpc) is 2.76. The number of hydrogen-bond acceptors (Lipinski definition) is 5. The SMILES string of the molecule is CC(=O)NCc1ccc(F)c(-c2ccc(NC[C@]3(c4ncccc4F)C[C@H](F)C3)nn2)c1. The second kappa shape index (κ2) is 8.94. The highest BCUT2D eigenvalue weighted by molar-refractivity contribution is 5.73. The van der Waals surface area contributed by atoms with Gasteiger partial charge in [-0.3, -0.25) is 9.78 Å². The number of pyridine rings is 1. The molecule has 1 saturated carbocycles. The Hall–Kier alpha value is -3.49. The van der Waals surface area contributed by atoms with Gasteiger partial charge in [-0.15, -0.1) is 10.2 Å². The number of anilines is 1. The largest absolute Gasteiger partial charge is 0.368 e. The predicted octanol–water partition coefficient (Wildman–Crippen LogP) is 3.93. The summed E-state index contributed by atoms with van der Waals surface area (Å²) in [6.07, 6.45) is 0.839. The lowest BCUT2D eigenvalue weighted by Crippen LogP contribution is -2.49. The van der Waals surface area contributed by atoms with Crippen LogP contribution in [0.15, 0.2) is 48.7 Å². The number of alkyl halides is 1. The van der Waals surface area contributed by atoms with Crippen LogP contribution in [0.25, 0.3) is 11.3 Å². The Morgan fingerprint density at radius 3 is 2.59 bits per heavy atom. The molecule has 32 heavy (non-hydrogen) atoms. The van der Waals surface area contributed by atoms with Crippen LogP contribution in [0.1, 0.15) is 31.0 Å². The van der Waals surface area contributed by atoms with E-state index in [-0.39, 0.29) is 43.1 Å². The number of amides is 1. The Morgan fingerprint density at radius 2 is 1.94 bits per heavy atom. The Bertz CT molecular complexity index is 1120. The van der Waals surface area contributed by atoms with E-state index in [1.54, 1.807) is 24.3 Å². The van der Waals surface area contributed by atoms with Crippen molar-refractivity contribution in [1.82, 2.24) is 20.5 Å². The first kappa shape index (κ1) is 21.7. The second-order valence-electron chi connectivity index (χ2n) is 8.00. The predicted molar refractivity (Wildman–Crippen MR) is 113 cm³/mol. The lowest BCUT2D eigenvalue weighted by molar-refractivity contribution is -0.119. The Kier molecular flexibility index (Phi) is 6.07. The number of rotatable bonds is 7. The van der Waals surface area contributed by atoms with Crippen LogP contribution >= 0.6 is 0 Å². The van der Waals surface area contributed by atoms with Crippen LogP contribution in [0.5, 0.6) is 0 Å². The van der Waals surface area contributed by atoms with Gasteiger partial charge in [0.2, 0.25) is 5.91 Å². The molecule has 0 bridgehead atoms. The molecule has 4 rings (SSSR count). The van der Waals surface area contributed by atoms with Crippen molar-refractivity contribution in [2.45, 2.75) is 37.9 Å². The maximum Gasteiger partial charge on any atom is 0.217 e. The first-order valence-electron chi connectivity index (χ1n) is 10.2. The van der Waals surface area contributed by atoms with Crippen molar-refractivity contribution in [2.24, 2.45) is 0 Å². The second-order valence-corrected chi connectivity index (χ2v) is 8.00. The van der Waals surface area contributed by atoms with Crippen molar-refractivity contribution in [3.63, 3.8) is 0 Å². The zero-order chi connectivity index (χ0) is 22.7. The smallest absolute Gasteiger partial charge is 0.217 e. The lowest BCUT2D eigenvalue weighted by Gasteiger charge is -2.44. The van der Waals surface area contributed by atoms with Crippen molar-refractivity contribution < 1.29 is 18.0 Å². The van der Waals surface area contributed by atoms with E-state index < -0.39 is 23.2 Å². The number of carbonyl (C=O) groups is 1. The third-order valence-corrected chi connectivity index (χ3v) is 5.61. The minimum atomic E-state index is -1.00. The van der Waals surface area contributed by atoms with Crippen LogP contribution in [0.3, 0.4) is 0 Å². The molecule has 166 valence electrons. The van der Waals surface area contributed by atoms with E-state index in [0.717, 1.165) is 5.56 Å². The normalized spacial score (nSPS) is 19.8. The quantitative estimate of drug-likeness (QED) is 0.581. The molecule has 0 aliphatic heterocycles. The Morgan fingerprint density at radius 1 is 1.12 bits per heavy atom. The van der Waals surface area contributed by atoms with Gasteiger partial charge in [-0.1, -0.05) is 6.07 Å². The highest BCUT2D eigenvalue weighted by Crippen LogP contribution is 2.45. The van der Waals surface area contributed by atoms with Crippen molar-refractivity contribution in [2.75, 3.05) is 11.9 Å². The average molecular weight is 441 g/mol. The zero-order valence-corrected chi connectivity index (χ0v) is 17.4. The first-order chi connectivity index (χ1) is 15.4. The van der Waals surface area contributed by atoms with E-state index in [2.05, 4.69) is 25.8 Å². The van der Waals surface area contributed by atoms with Gasteiger partial charge < -0.3 is 10.6 Å². The number of benzene rings is 1. The lowest BCUT2D eigenvalue weighted by atomic mass is 9.65.